The first kappa shape index (κ1) is 19.7. The van der Waals surface area contributed by atoms with Gasteiger partial charge in [0.25, 0.3) is 0 Å². The molecule has 0 aliphatic carbocycles. The number of hydrogen-bond acceptors (Lipinski definition) is 4. The molecule has 0 saturated carbocycles. The molecule has 5 nitrogen and oxygen atoms in total. The molecule has 152 valence electrons. The smallest absolute Gasteiger partial charge is 0.202 e. The topological polar surface area (TPSA) is 61.4 Å². The molecule has 0 fully saturated rings. The maximum Gasteiger partial charge on any atom is 0.202 e. The van der Waals surface area contributed by atoms with Crippen LogP contribution in [0, 0.1) is 20.8 Å². The minimum absolute atomic E-state index is 0.0822. The Morgan fingerprint density at radius 3 is 2.43 bits per heavy atom. The molecule has 5 heteroatoms. The fourth-order valence-electron chi connectivity index (χ4n) is 3.68. The predicted molar refractivity (Wildman–Crippen MR) is 117 cm³/mol. The van der Waals surface area contributed by atoms with E-state index in [1.165, 1.54) is 0 Å². The highest BCUT2D eigenvalue weighted by molar-refractivity contribution is 5.98. The number of aromatic nitrogens is 1. The van der Waals surface area contributed by atoms with Crippen LogP contribution in [0.5, 0.6) is 5.75 Å². The molecule has 30 heavy (non-hydrogen) atoms. The van der Waals surface area contributed by atoms with Gasteiger partial charge in [-0.15, -0.1) is 0 Å². The molecule has 0 N–H and O–H groups in total. The van der Waals surface area contributed by atoms with Gasteiger partial charge in [0.05, 0.1) is 10.9 Å². The molecule has 2 aromatic carbocycles. The summed E-state index contributed by atoms with van der Waals surface area (Å²) in [6.45, 7) is 5.57. The molecule has 0 spiro atoms. The molecule has 0 radical (unpaired) electrons. The third-order valence-corrected chi connectivity index (χ3v) is 5.55. The first-order chi connectivity index (χ1) is 14.4. The molecular formula is C25H23NO4. The van der Waals surface area contributed by atoms with Crippen LogP contribution in [0.15, 0.2) is 63.8 Å². The molecule has 0 amide bonds. The van der Waals surface area contributed by atoms with Crippen molar-refractivity contribution >= 4 is 16.8 Å². The molecule has 0 aliphatic rings. The van der Waals surface area contributed by atoms with Gasteiger partial charge in [-0.2, -0.15) is 0 Å². The number of nitrogens with zero attached hydrogens (tertiary/aromatic N) is 1. The maximum absolute atomic E-state index is 13.0. The highest BCUT2D eigenvalue weighted by Crippen LogP contribution is 2.26. The molecular weight excluding hydrogens is 378 g/mol. The summed E-state index contributed by atoms with van der Waals surface area (Å²) in [6.07, 6.45) is 0. The van der Waals surface area contributed by atoms with Crippen molar-refractivity contribution in [3.8, 4) is 16.9 Å². The van der Waals surface area contributed by atoms with E-state index in [0.717, 1.165) is 17.0 Å². The fourth-order valence-corrected chi connectivity index (χ4v) is 3.68. The Hall–Kier alpha value is -3.60. The van der Waals surface area contributed by atoms with Gasteiger partial charge in [-0.1, -0.05) is 30.3 Å². The number of ketones is 1. The first-order valence-corrected chi connectivity index (χ1v) is 9.78. The lowest BCUT2D eigenvalue weighted by Gasteiger charge is -2.09. The summed E-state index contributed by atoms with van der Waals surface area (Å²) in [6, 6.07) is 16.4. The van der Waals surface area contributed by atoms with E-state index >= 15 is 0 Å². The van der Waals surface area contributed by atoms with E-state index in [-0.39, 0.29) is 17.8 Å². The van der Waals surface area contributed by atoms with Crippen LogP contribution >= 0.6 is 0 Å². The lowest BCUT2D eigenvalue weighted by Crippen LogP contribution is -2.13. The standard InChI is InChI=1S/C25H23NO4/c1-15-12-21(16(2)26(15)4)22(27)14-29-19-10-11-20-23(13-19)30-17(3)24(25(20)28)18-8-6-5-7-9-18/h5-13H,14H2,1-4H3. The van der Waals surface area contributed by atoms with Crippen LogP contribution in [0.2, 0.25) is 0 Å². The first-order valence-electron chi connectivity index (χ1n) is 9.78. The van der Waals surface area contributed by atoms with Gasteiger partial charge < -0.3 is 13.7 Å². The van der Waals surface area contributed by atoms with Crippen molar-refractivity contribution in [2.75, 3.05) is 6.61 Å². The van der Waals surface area contributed by atoms with E-state index in [4.69, 9.17) is 9.15 Å². The summed E-state index contributed by atoms with van der Waals surface area (Å²) in [4.78, 5) is 25.6. The number of Topliss-reactive ketones (excluding diaryl/α,β-unsaturated/α-hetero) is 1. The molecule has 0 unspecified atom stereocenters. The minimum Gasteiger partial charge on any atom is -0.485 e. The summed E-state index contributed by atoms with van der Waals surface area (Å²) in [7, 11) is 1.93. The molecule has 4 aromatic rings. The lowest BCUT2D eigenvalue weighted by molar-refractivity contribution is 0.0921. The normalized spacial score (nSPS) is 11.1. The third-order valence-electron chi connectivity index (χ3n) is 5.55. The number of rotatable bonds is 5. The van der Waals surface area contributed by atoms with Crippen LogP contribution in [0.25, 0.3) is 22.1 Å². The van der Waals surface area contributed by atoms with E-state index in [1.807, 2.05) is 61.9 Å². The second-order valence-corrected chi connectivity index (χ2v) is 7.44. The molecule has 0 atom stereocenters. The second kappa shape index (κ2) is 7.67. The van der Waals surface area contributed by atoms with E-state index in [9.17, 15) is 9.59 Å². The van der Waals surface area contributed by atoms with Crippen molar-refractivity contribution < 1.29 is 13.9 Å². The summed E-state index contributed by atoms with van der Waals surface area (Å²) in [5, 5.41) is 0.479. The van der Waals surface area contributed by atoms with Crippen molar-refractivity contribution in [2.24, 2.45) is 7.05 Å². The van der Waals surface area contributed by atoms with Crippen LogP contribution in [0.3, 0.4) is 0 Å². The number of hydrogen-bond donors (Lipinski definition) is 0. The largest absolute Gasteiger partial charge is 0.485 e. The second-order valence-electron chi connectivity index (χ2n) is 7.44. The molecule has 0 aliphatic heterocycles. The maximum atomic E-state index is 13.0. The Kier molecular flexibility index (Phi) is 5.04. The van der Waals surface area contributed by atoms with Crippen LogP contribution in [0.1, 0.15) is 27.5 Å². The van der Waals surface area contributed by atoms with Gasteiger partial charge in [-0.25, -0.2) is 0 Å². The van der Waals surface area contributed by atoms with E-state index in [0.29, 0.717) is 33.6 Å². The highest BCUT2D eigenvalue weighted by Gasteiger charge is 2.16. The zero-order valence-electron chi connectivity index (χ0n) is 17.5. The van der Waals surface area contributed by atoms with E-state index in [1.54, 1.807) is 25.1 Å². The Labute approximate surface area is 174 Å². The quantitative estimate of drug-likeness (QED) is 0.442. The highest BCUT2D eigenvalue weighted by atomic mass is 16.5. The van der Waals surface area contributed by atoms with Crippen LogP contribution < -0.4 is 10.2 Å². The van der Waals surface area contributed by atoms with Gasteiger partial charge in [0.1, 0.15) is 17.1 Å². The zero-order chi connectivity index (χ0) is 21.4. The zero-order valence-corrected chi connectivity index (χ0v) is 17.5. The Balaban J connectivity index is 1.62. The number of ether oxygens (including phenoxy) is 1. The third kappa shape index (κ3) is 3.43. The van der Waals surface area contributed by atoms with Gasteiger partial charge in [-0.3, -0.25) is 9.59 Å². The number of benzene rings is 2. The van der Waals surface area contributed by atoms with Gasteiger partial charge in [0.15, 0.2) is 6.61 Å². The summed E-state index contributed by atoms with van der Waals surface area (Å²) < 4.78 is 13.6. The fraction of sp³-hybridized carbons (Fsp3) is 0.200. The van der Waals surface area contributed by atoms with Crippen molar-refractivity contribution in [1.29, 1.82) is 0 Å². The van der Waals surface area contributed by atoms with Crippen molar-refractivity contribution in [3.05, 3.63) is 87.5 Å². The summed E-state index contributed by atoms with van der Waals surface area (Å²) >= 11 is 0. The van der Waals surface area contributed by atoms with E-state index < -0.39 is 0 Å². The van der Waals surface area contributed by atoms with Crippen molar-refractivity contribution in [2.45, 2.75) is 20.8 Å². The minimum atomic E-state index is -0.0895. The van der Waals surface area contributed by atoms with Gasteiger partial charge >= 0.3 is 0 Å². The summed E-state index contributed by atoms with van der Waals surface area (Å²) in [5.74, 6) is 0.937. The van der Waals surface area contributed by atoms with Gasteiger partial charge in [0, 0.05) is 30.1 Å². The van der Waals surface area contributed by atoms with Crippen LogP contribution in [0.4, 0.5) is 0 Å². The number of carbonyl (C=O) groups is 1. The monoisotopic (exact) mass is 401 g/mol. The Morgan fingerprint density at radius 1 is 1.03 bits per heavy atom. The van der Waals surface area contributed by atoms with Crippen molar-refractivity contribution in [1.82, 2.24) is 4.57 Å². The van der Waals surface area contributed by atoms with Gasteiger partial charge in [-0.05, 0) is 44.5 Å². The van der Waals surface area contributed by atoms with Crippen molar-refractivity contribution in [3.63, 3.8) is 0 Å². The Bertz CT molecular complexity index is 1310. The average molecular weight is 401 g/mol. The van der Waals surface area contributed by atoms with Crippen LogP contribution in [-0.4, -0.2) is 17.0 Å². The van der Waals surface area contributed by atoms with E-state index in [2.05, 4.69) is 0 Å². The lowest BCUT2D eigenvalue weighted by atomic mass is 10.0. The molecule has 2 heterocycles. The number of aryl methyl sites for hydroxylation is 2. The van der Waals surface area contributed by atoms with Gasteiger partial charge in [0.2, 0.25) is 11.2 Å². The SMILES string of the molecule is Cc1oc2cc(OCC(=O)c3cc(C)n(C)c3C)ccc2c(=O)c1-c1ccccc1. The average Bonchev–Trinajstić information content (AvgIpc) is 3.00. The summed E-state index contributed by atoms with van der Waals surface area (Å²) in [5.41, 5.74) is 4.33. The predicted octanol–water partition coefficient (Wildman–Crippen LogP) is 4.99. The number of fused-ring (bicyclic) bond motifs is 1. The molecule has 4 rings (SSSR count). The molecule has 0 bridgehead atoms. The Morgan fingerprint density at radius 2 is 1.77 bits per heavy atom. The number of carbonyl (C=O) groups excluding carboxylic acids is 1. The molecule has 2 aromatic heterocycles. The molecule has 0 saturated heterocycles. The van der Waals surface area contributed by atoms with Crippen LogP contribution in [-0.2, 0) is 7.05 Å².